The van der Waals surface area contributed by atoms with E-state index in [1.807, 2.05) is 6.07 Å². The molecule has 0 aliphatic heterocycles. The van der Waals surface area contributed by atoms with E-state index >= 15 is 0 Å². The first-order valence-corrected chi connectivity index (χ1v) is 6.75. The van der Waals surface area contributed by atoms with Gasteiger partial charge in [0.25, 0.3) is 0 Å². The fourth-order valence-electron chi connectivity index (χ4n) is 2.14. The number of rotatable bonds is 6. The topological polar surface area (TPSA) is 26.3 Å². The summed E-state index contributed by atoms with van der Waals surface area (Å²) in [5.41, 5.74) is 0.462. The highest BCUT2D eigenvalue weighted by Crippen LogP contribution is 2.22. The van der Waals surface area contributed by atoms with Gasteiger partial charge in [-0.2, -0.15) is 0 Å². The van der Waals surface area contributed by atoms with E-state index in [1.54, 1.807) is 31.2 Å². The summed E-state index contributed by atoms with van der Waals surface area (Å²) >= 11 is 0. The van der Waals surface area contributed by atoms with Gasteiger partial charge in [0.2, 0.25) is 0 Å². The van der Waals surface area contributed by atoms with Crippen molar-refractivity contribution in [3.63, 3.8) is 0 Å². The molecule has 0 spiro atoms. The Kier molecular flexibility index (Phi) is 5.17. The number of hydrogen-bond donors (Lipinski definition) is 0. The van der Waals surface area contributed by atoms with E-state index in [0.29, 0.717) is 12.2 Å². The normalized spacial score (nSPS) is 12.1. The van der Waals surface area contributed by atoms with Crippen molar-refractivity contribution >= 4 is 5.78 Å². The molecule has 0 aliphatic carbocycles. The van der Waals surface area contributed by atoms with E-state index in [-0.39, 0.29) is 17.8 Å². The molecule has 2 rings (SSSR count). The zero-order valence-electron chi connectivity index (χ0n) is 11.7. The summed E-state index contributed by atoms with van der Waals surface area (Å²) in [6.07, 6.45) is -1.15. The summed E-state index contributed by atoms with van der Waals surface area (Å²) in [5, 5.41) is 0. The van der Waals surface area contributed by atoms with Gasteiger partial charge in [-0.1, -0.05) is 36.4 Å². The molecule has 0 N–H and O–H groups in total. The minimum Gasteiger partial charge on any atom is -0.366 e. The first-order chi connectivity index (χ1) is 10.1. The predicted octanol–water partition coefficient (Wildman–Crippen LogP) is 3.85. The molecule has 0 saturated heterocycles. The van der Waals surface area contributed by atoms with E-state index in [1.165, 1.54) is 6.07 Å². The predicted molar refractivity (Wildman–Crippen MR) is 75.9 cm³/mol. The van der Waals surface area contributed by atoms with Crippen LogP contribution in [0.15, 0.2) is 48.5 Å². The molecule has 2 aromatic carbocycles. The largest absolute Gasteiger partial charge is 0.366 e. The minimum atomic E-state index is -0.810. The van der Waals surface area contributed by atoms with Crippen LogP contribution in [0, 0.1) is 11.6 Å². The number of ketones is 1. The Balaban J connectivity index is 2.24. The quantitative estimate of drug-likeness (QED) is 0.807. The number of Topliss-reactive ketones (excluding diaryl/α,β-unsaturated/α-hetero) is 1. The van der Waals surface area contributed by atoms with Gasteiger partial charge in [-0.25, -0.2) is 8.78 Å². The lowest BCUT2D eigenvalue weighted by atomic mass is 9.99. The molecule has 0 radical (unpaired) electrons. The van der Waals surface area contributed by atoms with Crippen LogP contribution >= 0.6 is 0 Å². The fourth-order valence-corrected chi connectivity index (χ4v) is 2.14. The maximum Gasteiger partial charge on any atom is 0.170 e. The van der Waals surface area contributed by atoms with Gasteiger partial charge in [-0.15, -0.1) is 0 Å². The van der Waals surface area contributed by atoms with Gasteiger partial charge in [0.1, 0.15) is 17.7 Å². The average Bonchev–Trinajstić information content (AvgIpc) is 2.49. The van der Waals surface area contributed by atoms with Gasteiger partial charge < -0.3 is 4.74 Å². The van der Waals surface area contributed by atoms with Crippen LogP contribution in [0.5, 0.6) is 0 Å². The van der Waals surface area contributed by atoms with Gasteiger partial charge >= 0.3 is 0 Å². The summed E-state index contributed by atoms with van der Waals surface area (Å²) in [6.45, 7) is 2.11. The lowest BCUT2D eigenvalue weighted by molar-refractivity contribution is -0.130. The standard InChI is InChI=1S/C17H16F2O2/c1-2-21-17(12-7-4-3-5-8-12)16(20)11-13-14(18)9-6-10-15(13)19/h3-10,17H,2,11H2,1H3. The Morgan fingerprint density at radius 3 is 2.24 bits per heavy atom. The molecule has 1 unspecified atom stereocenters. The second-order valence-corrected chi connectivity index (χ2v) is 4.59. The summed E-state index contributed by atoms with van der Waals surface area (Å²) in [4.78, 5) is 12.3. The number of hydrogen-bond acceptors (Lipinski definition) is 2. The Bertz CT molecular complexity index is 591. The van der Waals surface area contributed by atoms with E-state index in [9.17, 15) is 13.6 Å². The Labute approximate surface area is 122 Å². The van der Waals surface area contributed by atoms with Crippen molar-refractivity contribution in [3.8, 4) is 0 Å². The highest BCUT2D eigenvalue weighted by atomic mass is 19.1. The molecule has 2 aromatic rings. The SMILES string of the molecule is CCOC(C(=O)Cc1c(F)cccc1F)c1ccccc1. The van der Waals surface area contributed by atoms with Crippen LogP contribution in [0.1, 0.15) is 24.2 Å². The van der Waals surface area contributed by atoms with Crippen LogP contribution in [0.3, 0.4) is 0 Å². The average molecular weight is 290 g/mol. The van der Waals surface area contributed by atoms with Crippen molar-refractivity contribution in [2.75, 3.05) is 6.61 Å². The van der Waals surface area contributed by atoms with Crippen LogP contribution in [-0.4, -0.2) is 12.4 Å². The summed E-state index contributed by atoms with van der Waals surface area (Å²) in [6, 6.07) is 12.5. The highest BCUT2D eigenvalue weighted by Gasteiger charge is 2.23. The third-order valence-corrected chi connectivity index (χ3v) is 3.14. The molecule has 0 fully saturated rings. The molecule has 0 amide bonds. The van der Waals surface area contributed by atoms with Gasteiger partial charge in [-0.3, -0.25) is 4.79 Å². The summed E-state index contributed by atoms with van der Waals surface area (Å²) in [5.74, 6) is -1.80. The number of carbonyl (C=O) groups excluding carboxylic acids is 1. The molecule has 1 atom stereocenters. The zero-order chi connectivity index (χ0) is 15.2. The van der Waals surface area contributed by atoms with Crippen LogP contribution in [0.25, 0.3) is 0 Å². The third-order valence-electron chi connectivity index (χ3n) is 3.14. The lowest BCUT2D eigenvalue weighted by Crippen LogP contribution is -2.19. The second-order valence-electron chi connectivity index (χ2n) is 4.59. The molecule has 2 nitrogen and oxygen atoms in total. The Hall–Kier alpha value is -2.07. The van der Waals surface area contributed by atoms with Crippen LogP contribution < -0.4 is 0 Å². The van der Waals surface area contributed by atoms with Gasteiger partial charge in [-0.05, 0) is 24.6 Å². The molecule has 21 heavy (non-hydrogen) atoms. The molecule has 110 valence electrons. The van der Waals surface area contributed by atoms with E-state index < -0.39 is 17.7 Å². The second kappa shape index (κ2) is 7.09. The third kappa shape index (κ3) is 3.73. The highest BCUT2D eigenvalue weighted by molar-refractivity contribution is 5.86. The summed E-state index contributed by atoms with van der Waals surface area (Å²) in [7, 11) is 0. The number of carbonyl (C=O) groups is 1. The molecular formula is C17H16F2O2. The van der Waals surface area contributed by atoms with Gasteiger partial charge in [0.05, 0.1) is 0 Å². The number of halogens is 2. The van der Waals surface area contributed by atoms with E-state index in [0.717, 1.165) is 12.1 Å². The maximum atomic E-state index is 13.6. The van der Waals surface area contributed by atoms with Crippen molar-refractivity contribution in [1.29, 1.82) is 0 Å². The van der Waals surface area contributed by atoms with Gasteiger partial charge in [0, 0.05) is 18.6 Å². The van der Waals surface area contributed by atoms with Crippen molar-refractivity contribution in [2.24, 2.45) is 0 Å². The Morgan fingerprint density at radius 2 is 1.67 bits per heavy atom. The molecule has 0 heterocycles. The van der Waals surface area contributed by atoms with E-state index in [2.05, 4.69) is 0 Å². The Morgan fingerprint density at radius 1 is 1.05 bits per heavy atom. The molecule has 4 heteroatoms. The van der Waals surface area contributed by atoms with Crippen molar-refractivity contribution in [1.82, 2.24) is 0 Å². The van der Waals surface area contributed by atoms with Crippen LogP contribution in [0.2, 0.25) is 0 Å². The van der Waals surface area contributed by atoms with Crippen LogP contribution in [-0.2, 0) is 16.0 Å². The zero-order valence-corrected chi connectivity index (χ0v) is 11.7. The summed E-state index contributed by atoms with van der Waals surface area (Å²) < 4.78 is 32.7. The first-order valence-electron chi connectivity index (χ1n) is 6.75. The molecule has 0 bridgehead atoms. The van der Waals surface area contributed by atoms with Crippen molar-refractivity contribution in [2.45, 2.75) is 19.4 Å². The molecule has 0 saturated carbocycles. The lowest BCUT2D eigenvalue weighted by Gasteiger charge is -2.16. The van der Waals surface area contributed by atoms with E-state index in [4.69, 9.17) is 4.74 Å². The number of ether oxygens (including phenoxy) is 1. The molecular weight excluding hydrogens is 274 g/mol. The van der Waals surface area contributed by atoms with Gasteiger partial charge in [0.15, 0.2) is 5.78 Å². The molecule has 0 aliphatic rings. The van der Waals surface area contributed by atoms with Crippen molar-refractivity contribution in [3.05, 3.63) is 71.3 Å². The smallest absolute Gasteiger partial charge is 0.170 e. The monoisotopic (exact) mass is 290 g/mol. The minimum absolute atomic E-state index is 0.219. The fraction of sp³-hybridized carbons (Fsp3) is 0.235. The first kappa shape index (κ1) is 15.3. The number of benzene rings is 2. The maximum absolute atomic E-state index is 13.6. The molecule has 0 aromatic heterocycles. The van der Waals surface area contributed by atoms with Crippen LogP contribution in [0.4, 0.5) is 8.78 Å². The van der Waals surface area contributed by atoms with Crippen molar-refractivity contribution < 1.29 is 18.3 Å².